The van der Waals surface area contributed by atoms with Crippen LogP contribution in [0.4, 0.5) is 18.9 Å². The molecule has 0 bridgehead atoms. The maximum Gasteiger partial charge on any atom is 0.403 e. The topological polar surface area (TPSA) is 21.6 Å². The summed E-state index contributed by atoms with van der Waals surface area (Å²) in [6.45, 7) is 0. The van der Waals surface area contributed by atoms with Crippen LogP contribution in [0.15, 0.2) is 47.5 Å². The van der Waals surface area contributed by atoms with Crippen molar-refractivity contribution in [3.63, 3.8) is 0 Å². The van der Waals surface area contributed by atoms with Crippen molar-refractivity contribution in [3.05, 3.63) is 57.2 Å². The molecule has 2 aromatic rings. The van der Waals surface area contributed by atoms with Gasteiger partial charge in [0.2, 0.25) is 0 Å². The second kappa shape index (κ2) is 5.81. The zero-order valence-corrected chi connectivity index (χ0v) is 14.4. The molecule has 3 rings (SSSR count). The molecule has 1 heterocycles. The summed E-state index contributed by atoms with van der Waals surface area (Å²) in [4.78, 5) is 4.09. The van der Waals surface area contributed by atoms with Gasteiger partial charge < -0.3 is 4.74 Å². The van der Waals surface area contributed by atoms with Crippen molar-refractivity contribution in [2.45, 2.75) is 18.0 Å². The van der Waals surface area contributed by atoms with Gasteiger partial charge in [0.15, 0.2) is 0 Å². The molecule has 0 aliphatic carbocycles. The van der Waals surface area contributed by atoms with E-state index in [1.54, 1.807) is 24.3 Å². The Labute approximate surface area is 145 Å². The maximum absolute atomic E-state index is 13.9. The molecular weight excluding hydrogens is 418 g/mol. The highest BCUT2D eigenvalue weighted by Crippen LogP contribution is 2.46. The van der Waals surface area contributed by atoms with Gasteiger partial charge in [-0.05, 0) is 70.5 Å². The predicted octanol–water partition coefficient (Wildman–Crippen LogP) is 5.06. The molecule has 23 heavy (non-hydrogen) atoms. The van der Waals surface area contributed by atoms with Crippen molar-refractivity contribution in [1.82, 2.24) is 0 Å². The normalized spacial score (nSPS) is 20.2. The van der Waals surface area contributed by atoms with Gasteiger partial charge >= 0.3 is 6.18 Å². The molecule has 0 aromatic heterocycles. The lowest BCUT2D eigenvalue weighted by Crippen LogP contribution is -2.47. The Morgan fingerprint density at radius 2 is 1.83 bits per heavy atom. The lowest BCUT2D eigenvalue weighted by Gasteiger charge is -2.35. The lowest BCUT2D eigenvalue weighted by atomic mass is 9.74. The second-order valence-corrected chi connectivity index (χ2v) is 6.65. The number of halogens is 4. The van der Waals surface area contributed by atoms with Crippen molar-refractivity contribution in [3.8, 4) is 5.75 Å². The summed E-state index contributed by atoms with van der Waals surface area (Å²) in [5.41, 5.74) is -0.748. The number of aliphatic imine (C=N–C) groups is 1. The average Bonchev–Trinajstić information content (AvgIpc) is 2.53. The van der Waals surface area contributed by atoms with Crippen molar-refractivity contribution >= 4 is 34.5 Å². The summed E-state index contributed by atoms with van der Waals surface area (Å²) in [5.74, 6) is 0.522. The Balaban J connectivity index is 2.13. The van der Waals surface area contributed by atoms with Gasteiger partial charge in [-0.1, -0.05) is 12.1 Å². The van der Waals surface area contributed by atoms with Gasteiger partial charge in [-0.15, -0.1) is 0 Å². The first-order valence-corrected chi connectivity index (χ1v) is 7.98. The summed E-state index contributed by atoms with van der Waals surface area (Å²) in [7, 11) is 1.48. The first-order valence-electron chi connectivity index (χ1n) is 6.91. The summed E-state index contributed by atoms with van der Waals surface area (Å²) in [5, 5.41) is 0. The molecule has 6 heteroatoms. The van der Waals surface area contributed by atoms with Crippen LogP contribution in [0.5, 0.6) is 5.75 Å². The highest BCUT2D eigenvalue weighted by molar-refractivity contribution is 14.1. The molecule has 0 fully saturated rings. The maximum atomic E-state index is 13.9. The number of nitrogens with zero attached hydrogens (tertiary/aromatic N) is 1. The standard InChI is InChI=1S/C17H13F3INO/c1-23-14-5-2-12(3-6-14)16(17(18,19)20)9-11-8-13(21)4-7-15(11)22-10-16/h2-8,10H,9H2,1H3/t16-/m0/s1. The summed E-state index contributed by atoms with van der Waals surface area (Å²) < 4.78 is 47.7. The van der Waals surface area contributed by atoms with Crippen molar-refractivity contribution in [2.75, 3.05) is 7.11 Å². The van der Waals surface area contributed by atoms with Crippen LogP contribution >= 0.6 is 22.6 Å². The SMILES string of the molecule is COc1ccc([C@@]2(C(F)(F)F)C=Nc3ccc(I)cc3C2)cc1. The van der Waals surface area contributed by atoms with E-state index in [1.807, 2.05) is 6.07 Å². The quantitative estimate of drug-likeness (QED) is 0.610. The molecule has 2 nitrogen and oxygen atoms in total. The molecule has 0 spiro atoms. The van der Waals surface area contributed by atoms with E-state index in [0.29, 0.717) is 17.0 Å². The monoisotopic (exact) mass is 431 g/mol. The predicted molar refractivity (Wildman–Crippen MR) is 91.7 cm³/mol. The zero-order valence-electron chi connectivity index (χ0n) is 12.2. The lowest BCUT2D eigenvalue weighted by molar-refractivity contribution is -0.168. The van der Waals surface area contributed by atoms with Crippen LogP contribution < -0.4 is 4.74 Å². The molecule has 0 N–H and O–H groups in total. The van der Waals surface area contributed by atoms with E-state index < -0.39 is 11.6 Å². The molecule has 1 aliphatic heterocycles. The first kappa shape index (κ1) is 16.3. The van der Waals surface area contributed by atoms with Crippen molar-refractivity contribution in [2.24, 2.45) is 4.99 Å². The molecule has 0 saturated heterocycles. The van der Waals surface area contributed by atoms with E-state index in [-0.39, 0.29) is 12.0 Å². The van der Waals surface area contributed by atoms with Crippen LogP contribution in [0, 0.1) is 3.57 Å². The van der Waals surface area contributed by atoms with E-state index >= 15 is 0 Å². The van der Waals surface area contributed by atoms with E-state index in [2.05, 4.69) is 27.6 Å². The molecule has 0 unspecified atom stereocenters. The Hall–Kier alpha value is -1.57. The number of rotatable bonds is 2. The Bertz CT molecular complexity index is 755. The van der Waals surface area contributed by atoms with E-state index in [1.165, 1.54) is 19.2 Å². The first-order chi connectivity index (χ1) is 10.9. The number of alkyl halides is 3. The highest BCUT2D eigenvalue weighted by Gasteiger charge is 2.56. The van der Waals surface area contributed by atoms with Gasteiger partial charge in [-0.3, -0.25) is 4.99 Å². The van der Waals surface area contributed by atoms with E-state index in [9.17, 15) is 13.2 Å². The third-order valence-electron chi connectivity index (χ3n) is 4.05. The van der Waals surface area contributed by atoms with Gasteiger partial charge in [0.25, 0.3) is 0 Å². The number of hydrogen-bond acceptors (Lipinski definition) is 2. The minimum Gasteiger partial charge on any atom is -0.497 e. The third kappa shape index (κ3) is 2.84. The summed E-state index contributed by atoms with van der Waals surface area (Å²) >= 11 is 2.09. The number of fused-ring (bicyclic) bond motifs is 1. The Morgan fingerprint density at radius 3 is 2.43 bits per heavy atom. The van der Waals surface area contributed by atoms with Gasteiger partial charge in [0.05, 0.1) is 12.8 Å². The van der Waals surface area contributed by atoms with Gasteiger partial charge in [-0.2, -0.15) is 13.2 Å². The molecule has 120 valence electrons. The van der Waals surface area contributed by atoms with Crippen molar-refractivity contribution in [1.29, 1.82) is 0 Å². The zero-order chi connectivity index (χ0) is 16.7. The van der Waals surface area contributed by atoms with E-state index in [0.717, 1.165) is 9.78 Å². The average molecular weight is 431 g/mol. The van der Waals surface area contributed by atoms with Crippen LogP contribution in [0.25, 0.3) is 0 Å². The van der Waals surface area contributed by atoms with Crippen LogP contribution in [0.3, 0.4) is 0 Å². The molecular formula is C17H13F3INO. The van der Waals surface area contributed by atoms with Gasteiger partial charge in [0.1, 0.15) is 11.2 Å². The molecule has 0 radical (unpaired) electrons. The van der Waals surface area contributed by atoms with Crippen LogP contribution in [-0.2, 0) is 11.8 Å². The number of benzene rings is 2. The van der Waals surface area contributed by atoms with Crippen molar-refractivity contribution < 1.29 is 17.9 Å². The third-order valence-corrected chi connectivity index (χ3v) is 4.72. The minimum absolute atomic E-state index is 0.154. The number of methoxy groups -OCH3 is 1. The molecule has 1 aliphatic rings. The number of ether oxygens (including phenoxy) is 1. The molecule has 2 aromatic carbocycles. The van der Waals surface area contributed by atoms with Crippen LogP contribution in [0.2, 0.25) is 0 Å². The minimum atomic E-state index is -4.44. The fourth-order valence-electron chi connectivity index (χ4n) is 2.75. The largest absolute Gasteiger partial charge is 0.497 e. The molecule has 1 atom stereocenters. The molecule has 0 saturated carbocycles. The molecule has 0 amide bonds. The van der Waals surface area contributed by atoms with Crippen LogP contribution in [0.1, 0.15) is 11.1 Å². The fraction of sp³-hybridized carbons (Fsp3) is 0.235. The Morgan fingerprint density at radius 1 is 1.13 bits per heavy atom. The second-order valence-electron chi connectivity index (χ2n) is 5.41. The highest BCUT2D eigenvalue weighted by atomic mass is 127. The number of hydrogen-bond donors (Lipinski definition) is 0. The van der Waals surface area contributed by atoms with Crippen LogP contribution in [-0.4, -0.2) is 19.5 Å². The van der Waals surface area contributed by atoms with Gasteiger partial charge in [0, 0.05) is 9.78 Å². The smallest absolute Gasteiger partial charge is 0.403 e. The Kier molecular flexibility index (Phi) is 4.12. The summed E-state index contributed by atoms with van der Waals surface area (Å²) in [6, 6.07) is 11.3. The summed E-state index contributed by atoms with van der Waals surface area (Å²) in [6.07, 6.45) is -3.56. The van der Waals surface area contributed by atoms with E-state index in [4.69, 9.17) is 4.74 Å². The van der Waals surface area contributed by atoms with Gasteiger partial charge in [-0.25, -0.2) is 0 Å². The fourth-order valence-corrected chi connectivity index (χ4v) is 3.31.